The second-order valence-electron chi connectivity index (χ2n) is 7.63. The van der Waals surface area contributed by atoms with Crippen molar-refractivity contribution in [2.24, 2.45) is 0 Å². The van der Waals surface area contributed by atoms with Gasteiger partial charge in [0.05, 0.1) is 5.56 Å². The summed E-state index contributed by atoms with van der Waals surface area (Å²) in [6.45, 7) is -1.50. The molecule has 1 atom stereocenters. The molecule has 4 rings (SSSR count). The Morgan fingerprint density at radius 2 is 2.00 bits per heavy atom. The lowest BCUT2D eigenvalue weighted by Gasteiger charge is -2.30. The number of halogens is 5. The van der Waals surface area contributed by atoms with Crippen LogP contribution in [0, 0.1) is 0 Å². The van der Waals surface area contributed by atoms with Gasteiger partial charge in [-0.2, -0.15) is 22.0 Å². The molecule has 0 saturated carbocycles. The molecule has 2 aromatic heterocycles. The molecule has 1 saturated heterocycles. The summed E-state index contributed by atoms with van der Waals surface area (Å²) >= 11 is 0. The molecule has 0 radical (unpaired) electrons. The summed E-state index contributed by atoms with van der Waals surface area (Å²) in [7, 11) is 2.02. The molecular formula is C21H20F5N5O. The highest BCUT2D eigenvalue weighted by Crippen LogP contribution is 2.39. The van der Waals surface area contributed by atoms with Crippen molar-refractivity contribution in [2.75, 3.05) is 25.5 Å². The number of piperidine rings is 1. The smallest absolute Gasteiger partial charge is 0.416 e. The number of nitrogens with one attached hydrogen (secondary N) is 1. The van der Waals surface area contributed by atoms with E-state index in [-0.39, 0.29) is 17.3 Å². The first-order valence-electron chi connectivity index (χ1n) is 9.95. The molecule has 0 aliphatic carbocycles. The van der Waals surface area contributed by atoms with Gasteiger partial charge < -0.3 is 15.0 Å². The normalized spacial score (nSPS) is 17.7. The molecule has 1 N–H and O–H groups in total. The van der Waals surface area contributed by atoms with Crippen molar-refractivity contribution < 1.29 is 26.7 Å². The number of fused-ring (bicyclic) bond motifs is 1. The number of pyridine rings is 1. The Balaban J connectivity index is 1.78. The van der Waals surface area contributed by atoms with E-state index in [0.717, 1.165) is 38.1 Å². The number of aromatic nitrogens is 3. The van der Waals surface area contributed by atoms with E-state index in [9.17, 15) is 22.0 Å². The molecule has 32 heavy (non-hydrogen) atoms. The average molecular weight is 453 g/mol. The van der Waals surface area contributed by atoms with E-state index in [2.05, 4.69) is 30.1 Å². The Morgan fingerprint density at radius 1 is 1.19 bits per heavy atom. The lowest BCUT2D eigenvalue weighted by molar-refractivity contribution is -0.138. The number of likely N-dealkylation sites (tertiary alicyclic amines) is 1. The number of benzene rings is 1. The zero-order valence-electron chi connectivity index (χ0n) is 17.0. The highest BCUT2D eigenvalue weighted by Gasteiger charge is 2.32. The Hall–Kier alpha value is -3.08. The number of anilines is 1. The lowest BCUT2D eigenvalue weighted by atomic mass is 10.0. The fourth-order valence-corrected chi connectivity index (χ4v) is 3.85. The number of likely N-dealkylation sites (N-methyl/N-ethyl adjacent to an activating group) is 1. The minimum Gasteiger partial charge on any atom is -0.434 e. The first-order chi connectivity index (χ1) is 15.2. The summed E-state index contributed by atoms with van der Waals surface area (Å²) < 4.78 is 69.6. The van der Waals surface area contributed by atoms with Gasteiger partial charge in [0.1, 0.15) is 17.0 Å². The molecule has 11 heteroatoms. The summed E-state index contributed by atoms with van der Waals surface area (Å²) in [5.41, 5.74) is -0.600. The van der Waals surface area contributed by atoms with Crippen LogP contribution in [-0.2, 0) is 6.18 Å². The van der Waals surface area contributed by atoms with Crippen molar-refractivity contribution in [3.8, 4) is 17.0 Å². The maximum Gasteiger partial charge on any atom is 0.416 e. The monoisotopic (exact) mass is 453 g/mol. The predicted molar refractivity (Wildman–Crippen MR) is 109 cm³/mol. The van der Waals surface area contributed by atoms with Crippen LogP contribution in [-0.4, -0.2) is 52.9 Å². The third-order valence-electron chi connectivity index (χ3n) is 5.28. The van der Waals surface area contributed by atoms with Gasteiger partial charge in [-0.1, -0.05) is 0 Å². The molecule has 1 fully saturated rings. The van der Waals surface area contributed by atoms with Crippen LogP contribution >= 0.6 is 0 Å². The summed E-state index contributed by atoms with van der Waals surface area (Å²) in [5.74, 6) is -0.211. The fraction of sp³-hybridized carbons (Fsp3) is 0.381. The standard InChI is InChI=1S/C21H20F5N5O/c1-31-9-3-4-13(11-31)28-19-18-15(5-2-8-27-18)17(29-30-19)14-7-6-12(21(24,25)26)10-16(14)32-20(22)23/h2,5-8,10,13,20H,3-4,9,11H2,1H3,(H,28,30)/t13-/m1/s1. The molecule has 1 aliphatic rings. The fourth-order valence-electron chi connectivity index (χ4n) is 3.85. The SMILES string of the molecule is CN1CCC[C@@H](Nc2nnc(-c3ccc(C(F)(F)F)cc3OC(F)F)c3cccnc23)C1. The van der Waals surface area contributed by atoms with Crippen LogP contribution in [0.2, 0.25) is 0 Å². The van der Waals surface area contributed by atoms with E-state index >= 15 is 0 Å². The summed E-state index contributed by atoms with van der Waals surface area (Å²) in [5, 5.41) is 12.1. The number of ether oxygens (including phenoxy) is 1. The molecular weight excluding hydrogens is 433 g/mol. The molecule has 3 heterocycles. The largest absolute Gasteiger partial charge is 0.434 e. The van der Waals surface area contributed by atoms with E-state index in [4.69, 9.17) is 0 Å². The van der Waals surface area contributed by atoms with Crippen LogP contribution in [0.15, 0.2) is 36.5 Å². The van der Waals surface area contributed by atoms with E-state index in [1.807, 2.05) is 7.05 Å². The number of alkyl halides is 5. The average Bonchev–Trinajstić information content (AvgIpc) is 2.73. The van der Waals surface area contributed by atoms with Gasteiger partial charge in [0.2, 0.25) is 0 Å². The van der Waals surface area contributed by atoms with Gasteiger partial charge in [0.15, 0.2) is 5.82 Å². The number of rotatable bonds is 5. The van der Waals surface area contributed by atoms with Gasteiger partial charge in [-0.25, -0.2) is 0 Å². The van der Waals surface area contributed by atoms with Crippen LogP contribution in [0.3, 0.4) is 0 Å². The Morgan fingerprint density at radius 3 is 2.72 bits per heavy atom. The third kappa shape index (κ3) is 4.72. The van der Waals surface area contributed by atoms with Crippen LogP contribution in [0.4, 0.5) is 27.8 Å². The van der Waals surface area contributed by atoms with E-state index < -0.39 is 24.1 Å². The number of nitrogens with zero attached hydrogens (tertiary/aromatic N) is 4. The maximum absolute atomic E-state index is 13.1. The third-order valence-corrected chi connectivity index (χ3v) is 5.28. The lowest BCUT2D eigenvalue weighted by Crippen LogP contribution is -2.40. The van der Waals surface area contributed by atoms with Crippen molar-refractivity contribution in [2.45, 2.75) is 31.7 Å². The molecule has 3 aromatic rings. The molecule has 0 unspecified atom stereocenters. The Kier molecular flexibility index (Phi) is 6.09. The van der Waals surface area contributed by atoms with Gasteiger partial charge in [0, 0.05) is 29.7 Å². The van der Waals surface area contributed by atoms with Crippen molar-refractivity contribution in [1.82, 2.24) is 20.1 Å². The van der Waals surface area contributed by atoms with Crippen molar-refractivity contribution in [3.05, 3.63) is 42.1 Å². The molecule has 170 valence electrons. The minimum absolute atomic E-state index is 0.0345. The zero-order chi connectivity index (χ0) is 22.9. The molecule has 0 spiro atoms. The first kappa shape index (κ1) is 22.1. The van der Waals surface area contributed by atoms with Gasteiger partial charge in [-0.05, 0) is 56.8 Å². The molecule has 0 amide bonds. The second-order valence-corrected chi connectivity index (χ2v) is 7.63. The van der Waals surface area contributed by atoms with Gasteiger partial charge in [0.25, 0.3) is 0 Å². The molecule has 1 aromatic carbocycles. The summed E-state index contributed by atoms with van der Waals surface area (Å²) in [4.78, 5) is 6.54. The van der Waals surface area contributed by atoms with Crippen molar-refractivity contribution in [3.63, 3.8) is 0 Å². The van der Waals surface area contributed by atoms with Crippen LogP contribution in [0.1, 0.15) is 18.4 Å². The Labute approximate surface area is 180 Å². The van der Waals surface area contributed by atoms with Crippen molar-refractivity contribution >= 4 is 16.7 Å². The van der Waals surface area contributed by atoms with E-state index in [0.29, 0.717) is 22.8 Å². The first-order valence-corrected chi connectivity index (χ1v) is 9.95. The molecule has 1 aliphatic heterocycles. The predicted octanol–water partition coefficient (Wildman–Crippen LogP) is 4.82. The van der Waals surface area contributed by atoms with Crippen molar-refractivity contribution in [1.29, 1.82) is 0 Å². The summed E-state index contributed by atoms with van der Waals surface area (Å²) in [6, 6.07) is 5.80. The minimum atomic E-state index is -4.71. The molecule has 0 bridgehead atoms. The van der Waals surface area contributed by atoms with E-state index in [1.54, 1.807) is 18.3 Å². The highest BCUT2D eigenvalue weighted by atomic mass is 19.4. The highest BCUT2D eigenvalue weighted by molar-refractivity contribution is 5.98. The van der Waals surface area contributed by atoms with Gasteiger partial charge >= 0.3 is 12.8 Å². The maximum atomic E-state index is 13.1. The Bertz CT molecular complexity index is 1110. The number of hydrogen-bond acceptors (Lipinski definition) is 6. The van der Waals surface area contributed by atoms with Gasteiger partial charge in [-0.3, -0.25) is 4.98 Å². The molecule has 6 nitrogen and oxygen atoms in total. The topological polar surface area (TPSA) is 63.2 Å². The van der Waals surface area contributed by atoms with Crippen LogP contribution in [0.25, 0.3) is 22.2 Å². The number of hydrogen-bond donors (Lipinski definition) is 1. The zero-order valence-corrected chi connectivity index (χ0v) is 17.0. The quantitative estimate of drug-likeness (QED) is 0.559. The second kappa shape index (κ2) is 8.81. The summed E-state index contributed by atoms with van der Waals surface area (Å²) in [6.07, 6.45) is -1.21. The van der Waals surface area contributed by atoms with Crippen LogP contribution in [0.5, 0.6) is 5.75 Å². The van der Waals surface area contributed by atoms with E-state index in [1.165, 1.54) is 0 Å². The van der Waals surface area contributed by atoms with Crippen LogP contribution < -0.4 is 10.1 Å². The van der Waals surface area contributed by atoms with Gasteiger partial charge in [-0.15, -0.1) is 10.2 Å².